The van der Waals surface area contributed by atoms with Crippen LogP contribution in [0.3, 0.4) is 0 Å². The monoisotopic (exact) mass is 728 g/mol. The number of nitrogens with one attached hydrogen (secondary N) is 2. The molecular formula is C36H45FN4O9S. The van der Waals surface area contributed by atoms with Crippen LogP contribution < -0.4 is 24.2 Å². The smallest absolute Gasteiger partial charge is 0.321 e. The van der Waals surface area contributed by atoms with Crippen LogP contribution in [0.4, 0.5) is 20.6 Å². The van der Waals surface area contributed by atoms with Gasteiger partial charge >= 0.3 is 6.03 Å². The largest absolute Gasteiger partial charge is 0.490 e. The third-order valence-corrected chi connectivity index (χ3v) is 10.2. The molecule has 0 aromatic heterocycles. The van der Waals surface area contributed by atoms with Crippen molar-refractivity contribution >= 4 is 33.3 Å². The molecule has 0 saturated heterocycles. The SMILES string of the molecule is C[C@@H]1CCCCO[C@H](CN(C)C(=O)Nc2ccc3c(c2)OCO3)[C@H](C)CN([C@@H](C)CO)C(=O)c2cc(NS(=O)(=O)c3ccc(F)cc3)ccc2O1. The van der Waals surface area contributed by atoms with Gasteiger partial charge in [-0.05, 0) is 87.7 Å². The van der Waals surface area contributed by atoms with Crippen LogP contribution in [0.2, 0.25) is 0 Å². The second kappa shape index (κ2) is 16.6. The molecule has 0 radical (unpaired) electrons. The number of hydrogen-bond acceptors (Lipinski definition) is 9. The van der Waals surface area contributed by atoms with E-state index < -0.39 is 33.9 Å². The van der Waals surface area contributed by atoms with Crippen molar-refractivity contribution in [2.24, 2.45) is 5.92 Å². The first-order valence-corrected chi connectivity index (χ1v) is 18.4. The quantitative estimate of drug-likeness (QED) is 0.280. The first-order valence-electron chi connectivity index (χ1n) is 16.9. The Balaban J connectivity index is 1.39. The lowest BCUT2D eigenvalue weighted by atomic mass is 10.0. The molecule has 2 aliphatic heterocycles. The molecule has 3 aromatic carbocycles. The van der Waals surface area contributed by atoms with Crippen molar-refractivity contribution in [3.63, 3.8) is 0 Å². The molecule has 0 bridgehead atoms. The molecule has 15 heteroatoms. The van der Waals surface area contributed by atoms with Gasteiger partial charge in [0.25, 0.3) is 15.9 Å². The van der Waals surface area contributed by atoms with E-state index in [0.29, 0.717) is 30.2 Å². The highest BCUT2D eigenvalue weighted by Crippen LogP contribution is 2.34. The molecule has 51 heavy (non-hydrogen) atoms. The minimum atomic E-state index is -4.11. The van der Waals surface area contributed by atoms with Crippen LogP contribution in [0.15, 0.2) is 65.6 Å². The summed E-state index contributed by atoms with van der Waals surface area (Å²) in [6.45, 7) is 6.06. The summed E-state index contributed by atoms with van der Waals surface area (Å²) in [5.41, 5.74) is 0.743. The zero-order chi connectivity index (χ0) is 36.7. The fourth-order valence-electron chi connectivity index (χ4n) is 5.82. The Morgan fingerprint density at radius 2 is 1.73 bits per heavy atom. The van der Waals surface area contributed by atoms with Gasteiger partial charge in [-0.15, -0.1) is 0 Å². The number of fused-ring (bicyclic) bond motifs is 2. The Morgan fingerprint density at radius 3 is 2.47 bits per heavy atom. The molecule has 276 valence electrons. The van der Waals surface area contributed by atoms with Crippen LogP contribution in [0, 0.1) is 11.7 Å². The lowest BCUT2D eigenvalue weighted by Gasteiger charge is -2.35. The normalized spacial score (nSPS) is 20.4. The molecule has 0 aliphatic carbocycles. The summed E-state index contributed by atoms with van der Waals surface area (Å²) in [5, 5.41) is 13.1. The van der Waals surface area contributed by atoms with Crippen LogP contribution in [0.25, 0.3) is 0 Å². The fraction of sp³-hybridized carbons (Fsp3) is 0.444. The molecule has 0 saturated carbocycles. The van der Waals surface area contributed by atoms with Crippen molar-refractivity contribution in [2.45, 2.75) is 63.2 Å². The predicted octanol–water partition coefficient (Wildman–Crippen LogP) is 5.31. The van der Waals surface area contributed by atoms with Gasteiger partial charge in [0.2, 0.25) is 6.79 Å². The third-order valence-electron chi connectivity index (χ3n) is 8.85. The molecule has 3 aromatic rings. The average Bonchev–Trinajstić information content (AvgIpc) is 3.57. The number of carbonyl (C=O) groups is 2. The number of benzene rings is 3. The Labute approximate surface area is 297 Å². The number of halogens is 1. The van der Waals surface area contributed by atoms with Gasteiger partial charge < -0.3 is 39.2 Å². The zero-order valence-corrected chi connectivity index (χ0v) is 30.0. The Kier molecular flexibility index (Phi) is 12.3. The molecule has 4 atom stereocenters. The highest BCUT2D eigenvalue weighted by Gasteiger charge is 2.31. The Morgan fingerprint density at radius 1 is 1.02 bits per heavy atom. The van der Waals surface area contributed by atoms with E-state index in [1.807, 2.05) is 13.8 Å². The van der Waals surface area contributed by atoms with E-state index in [9.17, 15) is 27.5 Å². The molecule has 0 fully saturated rings. The summed E-state index contributed by atoms with van der Waals surface area (Å²) in [7, 11) is -2.45. The molecule has 0 unspecified atom stereocenters. The van der Waals surface area contributed by atoms with Gasteiger partial charge in [-0.3, -0.25) is 9.52 Å². The number of sulfonamides is 1. The van der Waals surface area contributed by atoms with Crippen LogP contribution in [0.5, 0.6) is 17.2 Å². The van der Waals surface area contributed by atoms with Gasteiger partial charge in [-0.1, -0.05) is 6.92 Å². The van der Waals surface area contributed by atoms with Gasteiger partial charge in [-0.25, -0.2) is 17.6 Å². The molecule has 3 amide bonds. The second-order valence-electron chi connectivity index (χ2n) is 12.9. The third kappa shape index (κ3) is 9.60. The number of rotatable bonds is 8. The van der Waals surface area contributed by atoms with Crippen LogP contribution in [0.1, 0.15) is 50.4 Å². The lowest BCUT2D eigenvalue weighted by Crippen LogP contribution is -2.48. The number of anilines is 2. The summed E-state index contributed by atoms with van der Waals surface area (Å²) in [6.07, 6.45) is 1.39. The number of urea groups is 1. The van der Waals surface area contributed by atoms with Gasteiger partial charge in [0.1, 0.15) is 11.6 Å². The number of likely N-dealkylation sites (N-methyl/N-ethyl adjacent to an activating group) is 1. The van der Waals surface area contributed by atoms with Gasteiger partial charge in [0, 0.05) is 50.1 Å². The molecule has 5 rings (SSSR count). The van der Waals surface area contributed by atoms with Gasteiger partial charge in [0.15, 0.2) is 11.5 Å². The van der Waals surface area contributed by atoms with Crippen LogP contribution in [-0.2, 0) is 14.8 Å². The van der Waals surface area contributed by atoms with Crippen LogP contribution in [-0.4, -0.2) is 93.7 Å². The number of aliphatic hydroxyl groups is 1. The summed E-state index contributed by atoms with van der Waals surface area (Å²) in [6, 6.07) is 13.0. The summed E-state index contributed by atoms with van der Waals surface area (Å²) in [5.74, 6) is 0.0387. The minimum absolute atomic E-state index is 0.100. The molecular weight excluding hydrogens is 683 g/mol. The van der Waals surface area contributed by atoms with Gasteiger partial charge in [-0.2, -0.15) is 0 Å². The maximum Gasteiger partial charge on any atom is 0.321 e. The number of aliphatic hydroxyl groups excluding tert-OH is 1. The van der Waals surface area contributed by atoms with Crippen LogP contribution >= 0.6 is 0 Å². The lowest BCUT2D eigenvalue weighted by molar-refractivity contribution is -0.0115. The summed E-state index contributed by atoms with van der Waals surface area (Å²) >= 11 is 0. The minimum Gasteiger partial charge on any atom is -0.490 e. The standard InChI is InChI=1S/C36H45FN4O9S/c1-23-19-41(24(2)21-42)35(43)30-17-28(39-51(45,46)29-12-8-26(37)9-13-29)11-14-31(30)50-25(3)7-5-6-16-47-34(23)20-40(4)36(44)38-27-10-15-32-33(18-27)49-22-48-32/h8-15,17-18,23-25,34,39,42H,5-7,16,19-22H2,1-4H3,(H,38,44)/t23-,24+,25-,34-/m1/s1. The van der Waals surface area contributed by atoms with Crippen molar-refractivity contribution < 1.29 is 46.5 Å². The maximum absolute atomic E-state index is 14.4. The van der Waals surface area contributed by atoms with Crippen molar-refractivity contribution in [3.8, 4) is 17.2 Å². The number of hydrogen-bond donors (Lipinski definition) is 3. The number of nitrogens with zero attached hydrogens (tertiary/aromatic N) is 2. The molecule has 3 N–H and O–H groups in total. The van der Waals surface area contributed by atoms with E-state index >= 15 is 0 Å². The average molecular weight is 729 g/mol. The molecule has 2 heterocycles. The van der Waals surface area contributed by atoms with E-state index in [4.69, 9.17) is 18.9 Å². The van der Waals surface area contributed by atoms with E-state index in [1.54, 1.807) is 38.2 Å². The predicted molar refractivity (Wildman–Crippen MR) is 188 cm³/mol. The maximum atomic E-state index is 14.4. The topological polar surface area (TPSA) is 156 Å². The number of carbonyl (C=O) groups excluding carboxylic acids is 2. The summed E-state index contributed by atoms with van der Waals surface area (Å²) < 4.78 is 65.5. The highest BCUT2D eigenvalue weighted by molar-refractivity contribution is 7.92. The van der Waals surface area contributed by atoms with Crippen molar-refractivity contribution in [1.29, 1.82) is 0 Å². The number of ether oxygens (including phenoxy) is 4. The second-order valence-corrected chi connectivity index (χ2v) is 14.6. The molecule has 2 aliphatic rings. The highest BCUT2D eigenvalue weighted by atomic mass is 32.2. The van der Waals surface area contributed by atoms with Gasteiger partial charge in [0.05, 0.1) is 35.3 Å². The molecule has 13 nitrogen and oxygen atoms in total. The van der Waals surface area contributed by atoms with E-state index in [-0.39, 0.29) is 66.4 Å². The first kappa shape index (κ1) is 37.7. The first-order chi connectivity index (χ1) is 24.3. The Bertz CT molecular complexity index is 1790. The molecule has 0 spiro atoms. The van der Waals surface area contributed by atoms with Crippen molar-refractivity contribution in [3.05, 3.63) is 72.0 Å². The van der Waals surface area contributed by atoms with Crippen molar-refractivity contribution in [1.82, 2.24) is 9.80 Å². The zero-order valence-electron chi connectivity index (χ0n) is 29.1. The van der Waals surface area contributed by atoms with E-state index in [2.05, 4.69) is 10.0 Å². The Hall–Kier alpha value is -4.60. The fourth-order valence-corrected chi connectivity index (χ4v) is 6.87. The van der Waals surface area contributed by atoms with Crippen molar-refractivity contribution in [2.75, 3.05) is 50.2 Å². The number of amides is 3. The van der Waals surface area contributed by atoms with E-state index in [1.165, 1.54) is 21.9 Å². The summed E-state index contributed by atoms with van der Waals surface area (Å²) in [4.78, 5) is 30.5. The van der Waals surface area contributed by atoms with E-state index in [0.717, 1.165) is 37.1 Å².